The van der Waals surface area contributed by atoms with Crippen molar-refractivity contribution in [3.63, 3.8) is 0 Å². The lowest BCUT2D eigenvalue weighted by molar-refractivity contribution is -0.139. The van der Waals surface area contributed by atoms with Crippen LogP contribution in [0.4, 0.5) is 0 Å². The van der Waals surface area contributed by atoms with Gasteiger partial charge in [-0.3, -0.25) is 9.78 Å². The van der Waals surface area contributed by atoms with Crippen molar-refractivity contribution in [2.45, 2.75) is 30.6 Å². The highest BCUT2D eigenvalue weighted by Crippen LogP contribution is 2.35. The Kier molecular flexibility index (Phi) is 8.58. The number of esters is 1. The number of nitrogens with zero attached hydrogens (tertiary/aromatic N) is 3. The van der Waals surface area contributed by atoms with Crippen molar-refractivity contribution in [3.05, 3.63) is 77.2 Å². The van der Waals surface area contributed by atoms with Crippen LogP contribution in [-0.4, -0.2) is 47.3 Å². The molecule has 1 unspecified atom stereocenters. The first-order chi connectivity index (χ1) is 16.3. The molecule has 1 aromatic carbocycles. The third-order valence-corrected chi connectivity index (χ3v) is 6.62. The van der Waals surface area contributed by atoms with Crippen molar-refractivity contribution in [2.75, 3.05) is 21.2 Å². The number of hydrogen-bond acceptors (Lipinski definition) is 7. The van der Waals surface area contributed by atoms with Crippen molar-refractivity contribution < 1.29 is 14.3 Å². The normalized spacial score (nSPS) is 12.4. The van der Waals surface area contributed by atoms with Crippen LogP contribution in [0, 0.1) is 6.92 Å². The number of para-hydroxylation sites is 1. The molecule has 3 rings (SSSR count). The predicted molar refractivity (Wildman–Crippen MR) is 139 cm³/mol. The van der Waals surface area contributed by atoms with E-state index in [-0.39, 0.29) is 12.6 Å². The number of pyridine rings is 2. The summed E-state index contributed by atoms with van der Waals surface area (Å²) < 4.78 is 11.1. The molecule has 2 heterocycles. The minimum absolute atomic E-state index is 0.199. The van der Waals surface area contributed by atoms with E-state index in [1.807, 2.05) is 50.2 Å². The number of halogens is 1. The third-order valence-electron chi connectivity index (χ3n) is 5.14. The molecule has 0 aliphatic rings. The number of allylic oxidation sites excluding steroid dienone is 2. The zero-order valence-electron chi connectivity index (χ0n) is 20.0. The van der Waals surface area contributed by atoms with Gasteiger partial charge in [-0.25, -0.2) is 4.98 Å². The number of carbonyl (C=O) groups excluding carboxylic acids is 1. The molecule has 0 spiro atoms. The number of hydrogen-bond donors (Lipinski definition) is 0. The van der Waals surface area contributed by atoms with Crippen molar-refractivity contribution >= 4 is 45.9 Å². The highest BCUT2D eigenvalue weighted by atomic mass is 35.5. The second-order valence-corrected chi connectivity index (χ2v) is 9.61. The Bertz CT molecular complexity index is 1240. The molecule has 0 aliphatic heterocycles. The van der Waals surface area contributed by atoms with E-state index in [0.717, 1.165) is 38.3 Å². The Morgan fingerprint density at radius 1 is 1.32 bits per heavy atom. The number of aromatic nitrogens is 2. The van der Waals surface area contributed by atoms with E-state index in [1.54, 1.807) is 25.4 Å². The van der Waals surface area contributed by atoms with Gasteiger partial charge >= 0.3 is 5.97 Å². The Morgan fingerprint density at radius 2 is 2.09 bits per heavy atom. The number of rotatable bonds is 9. The summed E-state index contributed by atoms with van der Waals surface area (Å²) in [7, 11) is 5.36. The molecule has 8 heteroatoms. The Morgan fingerprint density at radius 3 is 2.76 bits per heavy atom. The van der Waals surface area contributed by atoms with E-state index in [9.17, 15) is 4.79 Å². The lowest BCUT2D eigenvalue weighted by Crippen LogP contribution is -2.15. The summed E-state index contributed by atoms with van der Waals surface area (Å²) in [6, 6.07) is 7.93. The van der Waals surface area contributed by atoms with E-state index < -0.39 is 5.25 Å². The molecule has 178 valence electrons. The highest BCUT2D eigenvalue weighted by molar-refractivity contribution is 8.00. The number of benzene rings is 1. The Hall–Kier alpha value is -3.03. The van der Waals surface area contributed by atoms with Gasteiger partial charge in [-0.15, -0.1) is 11.8 Å². The van der Waals surface area contributed by atoms with E-state index in [1.165, 1.54) is 18.9 Å². The Balaban J connectivity index is 2.00. The van der Waals surface area contributed by atoms with Gasteiger partial charge in [-0.05, 0) is 32.1 Å². The number of ether oxygens (including phenoxy) is 2. The molecule has 0 saturated heterocycles. The van der Waals surface area contributed by atoms with Crippen LogP contribution in [0.3, 0.4) is 0 Å². The van der Waals surface area contributed by atoms with E-state index in [0.29, 0.717) is 10.8 Å². The maximum atomic E-state index is 11.9. The zero-order valence-corrected chi connectivity index (χ0v) is 21.5. The molecule has 34 heavy (non-hydrogen) atoms. The lowest BCUT2D eigenvalue weighted by atomic mass is 10.0. The van der Waals surface area contributed by atoms with Crippen LogP contribution in [0.5, 0.6) is 5.75 Å². The first kappa shape index (κ1) is 25.6. The quantitative estimate of drug-likeness (QED) is 0.207. The van der Waals surface area contributed by atoms with Crippen LogP contribution in [0.25, 0.3) is 16.6 Å². The van der Waals surface area contributed by atoms with Crippen LogP contribution in [0.2, 0.25) is 5.02 Å². The summed E-state index contributed by atoms with van der Waals surface area (Å²) in [5.41, 5.74) is 4.46. The van der Waals surface area contributed by atoms with E-state index in [4.69, 9.17) is 26.1 Å². The van der Waals surface area contributed by atoms with Gasteiger partial charge in [0, 0.05) is 59.3 Å². The van der Waals surface area contributed by atoms with Crippen LogP contribution < -0.4 is 4.74 Å². The number of aryl methyl sites for hydroxylation is 1. The first-order valence-corrected chi connectivity index (χ1v) is 11.9. The molecule has 0 bridgehead atoms. The smallest absolute Gasteiger partial charge is 0.318 e. The van der Waals surface area contributed by atoms with Crippen molar-refractivity contribution in [3.8, 4) is 5.75 Å². The minimum atomic E-state index is -0.408. The van der Waals surface area contributed by atoms with E-state index >= 15 is 0 Å². The molecule has 0 fully saturated rings. The molecule has 0 saturated carbocycles. The summed E-state index contributed by atoms with van der Waals surface area (Å²) in [5, 5.41) is 1.03. The fourth-order valence-electron chi connectivity index (χ4n) is 3.51. The molecule has 0 amide bonds. The average Bonchev–Trinajstić information content (AvgIpc) is 2.81. The summed E-state index contributed by atoms with van der Waals surface area (Å²) in [6.45, 7) is 7.79. The van der Waals surface area contributed by atoms with Gasteiger partial charge in [-0.2, -0.15) is 0 Å². The van der Waals surface area contributed by atoms with Crippen molar-refractivity contribution in [1.29, 1.82) is 0 Å². The van der Waals surface area contributed by atoms with Crippen LogP contribution >= 0.6 is 23.4 Å². The Labute approximate surface area is 209 Å². The van der Waals surface area contributed by atoms with Gasteiger partial charge in [0.05, 0.1) is 12.1 Å². The predicted octanol–water partition coefficient (Wildman–Crippen LogP) is 5.91. The molecular formula is C26H28ClN3O3S. The summed E-state index contributed by atoms with van der Waals surface area (Å²) in [4.78, 5) is 23.7. The fraction of sp³-hybridized carbons (Fsp3) is 0.269. The largest absolute Gasteiger partial charge is 0.487 e. The minimum Gasteiger partial charge on any atom is -0.487 e. The van der Waals surface area contributed by atoms with Crippen LogP contribution in [0.1, 0.15) is 23.7 Å². The second kappa shape index (κ2) is 11.4. The first-order valence-electron chi connectivity index (χ1n) is 10.7. The van der Waals surface area contributed by atoms with Gasteiger partial charge < -0.3 is 14.4 Å². The molecule has 1 atom stereocenters. The fourth-order valence-corrected chi connectivity index (χ4v) is 4.78. The lowest BCUT2D eigenvalue weighted by Gasteiger charge is -2.20. The maximum Gasteiger partial charge on any atom is 0.318 e. The van der Waals surface area contributed by atoms with E-state index in [2.05, 4.69) is 17.6 Å². The second-order valence-electron chi connectivity index (χ2n) is 7.82. The molecular weight excluding hydrogens is 470 g/mol. The molecule has 0 radical (unpaired) electrons. The molecule has 0 N–H and O–H groups in total. The third kappa shape index (κ3) is 5.72. The number of thioether (sulfide) groups is 1. The summed E-state index contributed by atoms with van der Waals surface area (Å²) in [5.74, 6) is 0.325. The van der Waals surface area contributed by atoms with Gasteiger partial charge in [-0.1, -0.05) is 36.4 Å². The average molecular weight is 498 g/mol. The van der Waals surface area contributed by atoms with Gasteiger partial charge in [0.25, 0.3) is 0 Å². The maximum absolute atomic E-state index is 11.9. The van der Waals surface area contributed by atoms with Gasteiger partial charge in [0.1, 0.15) is 23.1 Å². The van der Waals surface area contributed by atoms with Crippen molar-refractivity contribution in [2.24, 2.45) is 0 Å². The molecule has 6 nitrogen and oxygen atoms in total. The van der Waals surface area contributed by atoms with Gasteiger partial charge in [0.2, 0.25) is 0 Å². The summed E-state index contributed by atoms with van der Waals surface area (Å²) in [6.07, 6.45) is 7.00. The topological polar surface area (TPSA) is 64.5 Å². The highest BCUT2D eigenvalue weighted by Gasteiger charge is 2.19. The van der Waals surface area contributed by atoms with Crippen LogP contribution in [0.15, 0.2) is 60.3 Å². The van der Waals surface area contributed by atoms with Crippen molar-refractivity contribution in [1.82, 2.24) is 14.9 Å². The molecule has 2 aromatic heterocycles. The number of methoxy groups -OCH3 is 1. The standard InChI is InChI=1S/C26H28ClN3O3S/c1-7-9-22(30(4)5)19-12-16(2)29-25-18(19)10-8-11-23(25)33-15-20-21(27)13-28-14-24(20)34-17(3)26(31)32-6/h7-14,17H,1,15H2,2-6H3/b22-9-. The van der Waals surface area contributed by atoms with Gasteiger partial charge in [0.15, 0.2) is 0 Å². The number of fused-ring (bicyclic) bond motifs is 1. The SMILES string of the molecule is C=C/C=C(/c1cc(C)nc2c(OCc3c(Cl)cncc3SC(C)C(=O)OC)cccc12)N(C)C. The summed E-state index contributed by atoms with van der Waals surface area (Å²) >= 11 is 7.80. The van der Waals surface area contributed by atoms with Crippen LogP contribution in [-0.2, 0) is 16.1 Å². The monoisotopic (exact) mass is 497 g/mol. The molecule has 0 aliphatic carbocycles. The molecule has 3 aromatic rings. The number of carbonyl (C=O) groups is 1. The zero-order chi connectivity index (χ0) is 24.8.